The largest absolute Gasteiger partial charge is 0.462 e. The average molecular weight is 317 g/mol. The Bertz CT molecular complexity index is 749. The summed E-state index contributed by atoms with van der Waals surface area (Å²) in [6.45, 7) is 4.23. The Hall–Kier alpha value is -2.67. The van der Waals surface area contributed by atoms with Gasteiger partial charge in [-0.05, 0) is 31.6 Å². The summed E-state index contributed by atoms with van der Waals surface area (Å²) in [6, 6.07) is 3.38. The van der Waals surface area contributed by atoms with E-state index in [0.717, 1.165) is 5.57 Å². The summed E-state index contributed by atoms with van der Waals surface area (Å²) in [7, 11) is 1.57. The molecule has 0 atom stereocenters. The molecule has 7 heteroatoms. The highest BCUT2D eigenvalue weighted by Crippen LogP contribution is 2.17. The number of pyridine rings is 1. The highest BCUT2D eigenvalue weighted by Gasteiger charge is 2.14. The van der Waals surface area contributed by atoms with Crippen LogP contribution in [0.1, 0.15) is 24.2 Å². The minimum absolute atomic E-state index is 0.263. The number of anilines is 1. The van der Waals surface area contributed by atoms with Crippen LogP contribution >= 0.6 is 0 Å². The molecular formula is C16H19N3O4. The lowest BCUT2D eigenvalue weighted by molar-refractivity contribution is -0.112. The van der Waals surface area contributed by atoms with Gasteiger partial charge in [-0.25, -0.2) is 9.31 Å². The summed E-state index contributed by atoms with van der Waals surface area (Å²) in [6.07, 6.45) is 4.58. The second-order valence-corrected chi connectivity index (χ2v) is 4.94. The Morgan fingerprint density at radius 2 is 2.22 bits per heavy atom. The molecule has 0 bridgehead atoms. The molecule has 0 aliphatic heterocycles. The van der Waals surface area contributed by atoms with Crippen molar-refractivity contribution in [2.24, 2.45) is 0 Å². The lowest BCUT2D eigenvalue weighted by Crippen LogP contribution is -2.10. The first-order valence-electron chi connectivity index (χ1n) is 7.16. The standard InChI is InChI=1S/C16H19N3O4/c1-4-23-16(21)13-9-17-19-6-5-12(8-14(13)19)18-15(20)7-11(2)10-22-3/h5-9H,4,10H2,1-3H3,(H,18,20)/b11-7+. The van der Waals surface area contributed by atoms with Gasteiger partial charge in [-0.15, -0.1) is 0 Å². The zero-order chi connectivity index (χ0) is 16.8. The second-order valence-electron chi connectivity index (χ2n) is 4.94. The van der Waals surface area contributed by atoms with Gasteiger partial charge in [-0.2, -0.15) is 5.10 Å². The van der Waals surface area contributed by atoms with E-state index in [1.807, 2.05) is 6.92 Å². The first-order chi connectivity index (χ1) is 11.0. The normalized spacial score (nSPS) is 11.5. The molecule has 2 rings (SSSR count). The maximum atomic E-state index is 11.9. The van der Waals surface area contributed by atoms with Crippen LogP contribution in [0.5, 0.6) is 0 Å². The lowest BCUT2D eigenvalue weighted by Gasteiger charge is -2.05. The number of carbonyl (C=O) groups excluding carboxylic acids is 2. The Morgan fingerprint density at radius 3 is 2.91 bits per heavy atom. The fraction of sp³-hybridized carbons (Fsp3) is 0.312. The van der Waals surface area contributed by atoms with E-state index in [1.54, 1.807) is 36.9 Å². The Labute approximate surface area is 133 Å². The number of rotatable bonds is 6. The molecule has 0 fully saturated rings. The van der Waals surface area contributed by atoms with E-state index in [1.165, 1.54) is 12.3 Å². The van der Waals surface area contributed by atoms with Gasteiger partial charge in [-0.1, -0.05) is 0 Å². The maximum Gasteiger partial charge on any atom is 0.341 e. The summed E-state index contributed by atoms with van der Waals surface area (Å²) in [4.78, 5) is 23.8. The molecule has 2 aromatic rings. The van der Waals surface area contributed by atoms with E-state index < -0.39 is 5.97 Å². The van der Waals surface area contributed by atoms with E-state index in [2.05, 4.69) is 10.4 Å². The van der Waals surface area contributed by atoms with Crippen molar-refractivity contribution < 1.29 is 19.1 Å². The van der Waals surface area contributed by atoms with Crippen molar-refractivity contribution in [3.63, 3.8) is 0 Å². The van der Waals surface area contributed by atoms with Gasteiger partial charge in [0.2, 0.25) is 5.91 Å². The van der Waals surface area contributed by atoms with E-state index in [-0.39, 0.29) is 12.5 Å². The SMILES string of the molecule is CCOC(=O)c1cnn2ccc(NC(=O)/C=C(\C)COC)cc12. The topological polar surface area (TPSA) is 81.9 Å². The van der Waals surface area contributed by atoms with Gasteiger partial charge in [0.25, 0.3) is 0 Å². The molecule has 0 unspecified atom stereocenters. The molecule has 1 N–H and O–H groups in total. The number of hydrogen-bond donors (Lipinski definition) is 1. The quantitative estimate of drug-likeness (QED) is 0.651. The number of hydrogen-bond acceptors (Lipinski definition) is 5. The molecule has 2 heterocycles. The Morgan fingerprint density at radius 1 is 1.43 bits per heavy atom. The molecule has 0 saturated heterocycles. The second kappa shape index (κ2) is 7.55. The number of nitrogens with zero attached hydrogens (tertiary/aromatic N) is 2. The van der Waals surface area contributed by atoms with Gasteiger partial charge < -0.3 is 14.8 Å². The smallest absolute Gasteiger partial charge is 0.341 e. The molecule has 0 aliphatic carbocycles. The summed E-state index contributed by atoms with van der Waals surface area (Å²) in [5, 5.41) is 6.84. The molecule has 0 aromatic carbocycles. The molecule has 122 valence electrons. The minimum atomic E-state index is -0.443. The third-order valence-electron chi connectivity index (χ3n) is 3.03. The van der Waals surface area contributed by atoms with Crippen LogP contribution in [0.25, 0.3) is 5.52 Å². The fourth-order valence-electron chi connectivity index (χ4n) is 2.10. The van der Waals surface area contributed by atoms with Crippen molar-refractivity contribution in [1.82, 2.24) is 9.61 Å². The van der Waals surface area contributed by atoms with E-state index in [4.69, 9.17) is 9.47 Å². The third-order valence-corrected chi connectivity index (χ3v) is 3.03. The van der Waals surface area contributed by atoms with Gasteiger partial charge in [0.1, 0.15) is 5.56 Å². The van der Waals surface area contributed by atoms with Crippen LogP contribution in [0.2, 0.25) is 0 Å². The van der Waals surface area contributed by atoms with Crippen molar-refractivity contribution in [2.45, 2.75) is 13.8 Å². The van der Waals surface area contributed by atoms with Gasteiger partial charge in [0.05, 0.1) is 24.9 Å². The van der Waals surface area contributed by atoms with E-state index in [0.29, 0.717) is 23.4 Å². The van der Waals surface area contributed by atoms with E-state index in [9.17, 15) is 9.59 Å². The number of fused-ring (bicyclic) bond motifs is 1. The van der Waals surface area contributed by atoms with Gasteiger partial charge in [0.15, 0.2) is 0 Å². The summed E-state index contributed by atoms with van der Waals surface area (Å²) >= 11 is 0. The van der Waals surface area contributed by atoms with Crippen LogP contribution in [-0.4, -0.2) is 41.8 Å². The fourth-order valence-corrected chi connectivity index (χ4v) is 2.10. The number of amides is 1. The van der Waals surface area contributed by atoms with Crippen molar-refractivity contribution >= 4 is 23.1 Å². The van der Waals surface area contributed by atoms with Crippen molar-refractivity contribution in [2.75, 3.05) is 25.6 Å². The van der Waals surface area contributed by atoms with Crippen LogP contribution in [0, 0.1) is 0 Å². The highest BCUT2D eigenvalue weighted by atomic mass is 16.5. The molecule has 0 aliphatic rings. The third kappa shape index (κ3) is 4.17. The summed E-state index contributed by atoms with van der Waals surface area (Å²) in [5.74, 6) is -0.706. The number of esters is 1. The van der Waals surface area contributed by atoms with Gasteiger partial charge in [-0.3, -0.25) is 4.79 Å². The van der Waals surface area contributed by atoms with Crippen molar-refractivity contribution in [3.05, 3.63) is 41.7 Å². The molecular weight excluding hydrogens is 298 g/mol. The molecule has 0 spiro atoms. The zero-order valence-electron chi connectivity index (χ0n) is 13.3. The molecule has 0 saturated carbocycles. The highest BCUT2D eigenvalue weighted by molar-refractivity contribution is 6.01. The van der Waals surface area contributed by atoms with Crippen LogP contribution in [0.4, 0.5) is 5.69 Å². The number of methoxy groups -OCH3 is 1. The van der Waals surface area contributed by atoms with Gasteiger partial charge in [0, 0.05) is 25.1 Å². The zero-order valence-corrected chi connectivity index (χ0v) is 13.3. The van der Waals surface area contributed by atoms with Crippen LogP contribution in [0.3, 0.4) is 0 Å². The molecule has 23 heavy (non-hydrogen) atoms. The monoisotopic (exact) mass is 317 g/mol. The number of aromatic nitrogens is 2. The first-order valence-corrected chi connectivity index (χ1v) is 7.16. The van der Waals surface area contributed by atoms with Crippen LogP contribution in [-0.2, 0) is 14.3 Å². The summed E-state index contributed by atoms with van der Waals surface area (Å²) in [5.41, 5.74) is 2.30. The Balaban J connectivity index is 2.22. The maximum absolute atomic E-state index is 11.9. The van der Waals surface area contributed by atoms with Crippen LogP contribution in [0.15, 0.2) is 36.2 Å². The molecule has 1 amide bonds. The van der Waals surface area contributed by atoms with Crippen LogP contribution < -0.4 is 5.32 Å². The van der Waals surface area contributed by atoms with E-state index >= 15 is 0 Å². The predicted molar refractivity (Wildman–Crippen MR) is 85.4 cm³/mol. The molecule has 2 aromatic heterocycles. The Kier molecular flexibility index (Phi) is 5.48. The molecule has 7 nitrogen and oxygen atoms in total. The predicted octanol–water partition coefficient (Wildman–Crippen LogP) is 2.04. The average Bonchev–Trinajstić information content (AvgIpc) is 2.90. The summed E-state index contributed by atoms with van der Waals surface area (Å²) < 4.78 is 11.5. The minimum Gasteiger partial charge on any atom is -0.462 e. The lowest BCUT2D eigenvalue weighted by atomic mass is 10.2. The van der Waals surface area contributed by atoms with Gasteiger partial charge >= 0.3 is 5.97 Å². The molecule has 0 radical (unpaired) electrons. The van der Waals surface area contributed by atoms with Crippen molar-refractivity contribution in [1.29, 1.82) is 0 Å². The first kappa shape index (κ1) is 16.7. The number of carbonyl (C=O) groups is 2. The van der Waals surface area contributed by atoms with Crippen molar-refractivity contribution in [3.8, 4) is 0 Å². The number of nitrogens with one attached hydrogen (secondary N) is 1. The number of ether oxygens (including phenoxy) is 2.